The number of nitrogens with zero attached hydrogens (tertiary/aromatic N) is 1. The summed E-state index contributed by atoms with van der Waals surface area (Å²) in [5.41, 5.74) is 1.03. The van der Waals surface area contributed by atoms with Crippen molar-refractivity contribution in [2.75, 3.05) is 13.2 Å². The number of hydrogen-bond acceptors (Lipinski definition) is 3. The van der Waals surface area contributed by atoms with Crippen molar-refractivity contribution in [3.05, 3.63) is 21.9 Å². The van der Waals surface area contributed by atoms with Crippen molar-refractivity contribution >= 4 is 11.3 Å². The molecule has 0 saturated heterocycles. The Bertz CT molecular complexity index is 411. The number of thiophene rings is 1. The van der Waals surface area contributed by atoms with E-state index in [1.807, 2.05) is 0 Å². The summed E-state index contributed by atoms with van der Waals surface area (Å²) < 4.78 is 0. The van der Waals surface area contributed by atoms with Gasteiger partial charge in [0.25, 0.3) is 0 Å². The third-order valence-electron chi connectivity index (χ3n) is 2.90. The molecule has 0 spiro atoms. The van der Waals surface area contributed by atoms with Gasteiger partial charge in [0.1, 0.15) is 6.61 Å². The van der Waals surface area contributed by atoms with E-state index in [4.69, 9.17) is 5.11 Å². The van der Waals surface area contributed by atoms with Gasteiger partial charge in [0.2, 0.25) is 0 Å². The van der Waals surface area contributed by atoms with Crippen LogP contribution in [0, 0.1) is 11.8 Å². The number of hydrogen-bond donors (Lipinski definition) is 1. The summed E-state index contributed by atoms with van der Waals surface area (Å²) in [5.74, 6) is 5.65. The second-order valence-electron chi connectivity index (χ2n) is 4.46. The van der Waals surface area contributed by atoms with E-state index in [1.54, 1.807) is 11.3 Å². The fraction of sp³-hybridized carbons (Fsp3) is 0.571. The van der Waals surface area contributed by atoms with Crippen LogP contribution >= 0.6 is 11.3 Å². The highest BCUT2D eigenvalue weighted by atomic mass is 32.1. The smallest absolute Gasteiger partial charge is 0.104 e. The number of aliphatic hydroxyl groups excluding tert-OH is 1. The maximum Gasteiger partial charge on any atom is 0.104 e. The molecule has 1 fully saturated rings. The largest absolute Gasteiger partial charge is 0.384 e. The third-order valence-corrected chi connectivity index (χ3v) is 3.82. The summed E-state index contributed by atoms with van der Waals surface area (Å²) in [6, 6.07) is 2.97. The van der Waals surface area contributed by atoms with Crippen LogP contribution < -0.4 is 0 Å². The highest BCUT2D eigenvalue weighted by Gasteiger charge is 2.28. The molecule has 0 aromatic carbocycles. The Morgan fingerprint density at radius 2 is 2.35 bits per heavy atom. The van der Waals surface area contributed by atoms with Crippen LogP contribution in [0.25, 0.3) is 0 Å². The lowest BCUT2D eigenvalue weighted by Crippen LogP contribution is -2.25. The first-order valence-corrected chi connectivity index (χ1v) is 7.12. The number of rotatable bonds is 5. The van der Waals surface area contributed by atoms with Crippen LogP contribution in [0.15, 0.2) is 11.4 Å². The van der Waals surface area contributed by atoms with Gasteiger partial charge in [0.15, 0.2) is 0 Å². The minimum Gasteiger partial charge on any atom is -0.384 e. The van der Waals surface area contributed by atoms with Gasteiger partial charge in [-0.05, 0) is 31.9 Å². The average molecular weight is 249 g/mol. The summed E-state index contributed by atoms with van der Waals surface area (Å²) in [6.07, 6.45) is 3.95. The Labute approximate surface area is 107 Å². The zero-order chi connectivity index (χ0) is 12.1. The third kappa shape index (κ3) is 3.85. The monoisotopic (exact) mass is 249 g/mol. The van der Waals surface area contributed by atoms with Crippen molar-refractivity contribution in [3.8, 4) is 11.8 Å². The zero-order valence-electron chi connectivity index (χ0n) is 10.3. The predicted octanol–water partition coefficient (Wildman–Crippen LogP) is 2.47. The minimum atomic E-state index is -0.0603. The second-order valence-corrected chi connectivity index (χ2v) is 5.46. The SMILES string of the molecule is CCCN(Cc1cc(C#CCO)cs1)C1CC1. The first kappa shape index (κ1) is 12.6. The minimum absolute atomic E-state index is 0.0603. The highest BCUT2D eigenvalue weighted by molar-refractivity contribution is 7.10. The summed E-state index contributed by atoms with van der Waals surface area (Å²) in [5, 5.41) is 10.7. The summed E-state index contributed by atoms with van der Waals surface area (Å²) in [4.78, 5) is 3.96. The van der Waals surface area contributed by atoms with Crippen LogP contribution in [-0.4, -0.2) is 29.2 Å². The fourth-order valence-corrected chi connectivity index (χ4v) is 2.83. The Hall–Kier alpha value is -0.820. The van der Waals surface area contributed by atoms with Crippen molar-refractivity contribution in [3.63, 3.8) is 0 Å². The van der Waals surface area contributed by atoms with Crippen LogP contribution in [0.5, 0.6) is 0 Å². The molecule has 0 unspecified atom stereocenters. The average Bonchev–Trinajstić information content (AvgIpc) is 3.08. The molecule has 1 heterocycles. The van der Waals surface area contributed by atoms with Crippen molar-refractivity contribution < 1.29 is 5.11 Å². The Balaban J connectivity index is 1.94. The normalized spacial score (nSPS) is 14.8. The first-order chi connectivity index (χ1) is 8.33. The first-order valence-electron chi connectivity index (χ1n) is 6.24. The molecular formula is C14H19NOS. The van der Waals surface area contributed by atoms with Crippen molar-refractivity contribution in [2.24, 2.45) is 0 Å². The van der Waals surface area contributed by atoms with E-state index in [2.05, 4.69) is 35.1 Å². The van der Waals surface area contributed by atoms with Crippen LogP contribution in [0.3, 0.4) is 0 Å². The van der Waals surface area contributed by atoms with Gasteiger partial charge >= 0.3 is 0 Å². The standard InChI is InChI=1S/C14H19NOS/c1-2-7-15(13-5-6-13)10-14-9-12(11-17-14)4-3-8-16/h9,11,13,16H,2,5-8,10H2,1H3. The quantitative estimate of drug-likeness (QED) is 0.810. The second kappa shape index (κ2) is 6.20. The Kier molecular flexibility index (Phi) is 4.61. The van der Waals surface area contributed by atoms with Gasteiger partial charge in [-0.2, -0.15) is 0 Å². The molecule has 1 saturated carbocycles. The Morgan fingerprint density at radius 1 is 1.53 bits per heavy atom. The lowest BCUT2D eigenvalue weighted by Gasteiger charge is -2.19. The molecule has 2 nitrogen and oxygen atoms in total. The molecule has 0 bridgehead atoms. The molecule has 1 N–H and O–H groups in total. The van der Waals surface area contributed by atoms with E-state index in [9.17, 15) is 0 Å². The molecule has 92 valence electrons. The van der Waals surface area contributed by atoms with Crippen molar-refractivity contribution in [1.29, 1.82) is 0 Å². The van der Waals surface area contributed by atoms with Crippen LogP contribution in [0.4, 0.5) is 0 Å². The lowest BCUT2D eigenvalue weighted by atomic mass is 10.3. The molecule has 0 atom stereocenters. The fourth-order valence-electron chi connectivity index (χ4n) is 1.99. The Morgan fingerprint density at radius 3 is 3.00 bits per heavy atom. The molecule has 0 amide bonds. The molecule has 1 aliphatic rings. The highest BCUT2D eigenvalue weighted by Crippen LogP contribution is 2.29. The van der Waals surface area contributed by atoms with E-state index in [0.717, 1.165) is 18.2 Å². The van der Waals surface area contributed by atoms with Gasteiger partial charge in [-0.3, -0.25) is 4.90 Å². The maximum absolute atomic E-state index is 8.65. The molecule has 2 rings (SSSR count). The van der Waals surface area contributed by atoms with E-state index in [1.165, 1.54) is 30.7 Å². The molecule has 0 radical (unpaired) electrons. The van der Waals surface area contributed by atoms with Gasteiger partial charge in [-0.15, -0.1) is 11.3 Å². The number of aliphatic hydroxyl groups is 1. The van der Waals surface area contributed by atoms with Crippen LogP contribution in [-0.2, 0) is 6.54 Å². The molecule has 1 aliphatic carbocycles. The molecule has 1 aromatic heterocycles. The van der Waals surface area contributed by atoms with Gasteiger partial charge in [0.05, 0.1) is 0 Å². The molecule has 17 heavy (non-hydrogen) atoms. The zero-order valence-corrected chi connectivity index (χ0v) is 11.1. The van der Waals surface area contributed by atoms with E-state index < -0.39 is 0 Å². The van der Waals surface area contributed by atoms with Gasteiger partial charge in [-0.25, -0.2) is 0 Å². The van der Waals surface area contributed by atoms with Gasteiger partial charge in [-0.1, -0.05) is 18.8 Å². The lowest BCUT2D eigenvalue weighted by molar-refractivity contribution is 0.257. The van der Waals surface area contributed by atoms with Crippen molar-refractivity contribution in [2.45, 2.75) is 38.8 Å². The van der Waals surface area contributed by atoms with Gasteiger partial charge < -0.3 is 5.11 Å². The van der Waals surface area contributed by atoms with Gasteiger partial charge in [0, 0.05) is 28.4 Å². The summed E-state index contributed by atoms with van der Waals surface area (Å²) in [7, 11) is 0. The van der Waals surface area contributed by atoms with Crippen molar-refractivity contribution in [1.82, 2.24) is 4.90 Å². The molecular weight excluding hydrogens is 230 g/mol. The molecule has 3 heteroatoms. The van der Waals surface area contributed by atoms with E-state index >= 15 is 0 Å². The molecule has 0 aliphatic heterocycles. The van der Waals surface area contributed by atoms with E-state index in [-0.39, 0.29) is 6.61 Å². The summed E-state index contributed by atoms with van der Waals surface area (Å²) >= 11 is 1.77. The van der Waals surface area contributed by atoms with Crippen LogP contribution in [0.1, 0.15) is 36.6 Å². The molecule has 1 aromatic rings. The predicted molar refractivity (Wildman–Crippen MR) is 72.0 cm³/mol. The summed E-state index contributed by atoms with van der Waals surface area (Å²) in [6.45, 7) is 4.43. The van der Waals surface area contributed by atoms with E-state index in [0.29, 0.717) is 0 Å². The topological polar surface area (TPSA) is 23.5 Å². The maximum atomic E-state index is 8.65. The van der Waals surface area contributed by atoms with Crippen LogP contribution in [0.2, 0.25) is 0 Å².